The molecule has 0 aromatic carbocycles. The van der Waals surface area contributed by atoms with E-state index in [9.17, 15) is 9.59 Å². The second kappa shape index (κ2) is 6.93. The Hall–Kier alpha value is -0.750. The molecular weight excluding hydrogens is 182 g/mol. The van der Waals surface area contributed by atoms with E-state index in [1.54, 1.807) is 0 Å². The van der Waals surface area contributed by atoms with Crippen molar-refractivity contribution in [1.29, 1.82) is 0 Å². The minimum atomic E-state index is -0.485. The number of esters is 1. The lowest BCUT2D eigenvalue weighted by atomic mass is 10.8. The van der Waals surface area contributed by atoms with Gasteiger partial charge in [0.2, 0.25) is 6.79 Å². The van der Waals surface area contributed by atoms with Crippen molar-refractivity contribution in [2.24, 2.45) is 5.73 Å². The number of carbonyl (C=O) groups excluding carboxylic acids is 2. The van der Waals surface area contributed by atoms with Crippen molar-refractivity contribution in [3.63, 3.8) is 0 Å². The highest BCUT2D eigenvalue weighted by Crippen LogP contribution is 2.03. The molecule has 12 heavy (non-hydrogen) atoms. The van der Waals surface area contributed by atoms with Gasteiger partial charge < -0.3 is 15.2 Å². The second-order valence-corrected chi connectivity index (χ2v) is 2.82. The van der Waals surface area contributed by atoms with E-state index in [2.05, 4.69) is 9.47 Å². The Morgan fingerprint density at radius 2 is 2.08 bits per heavy atom. The van der Waals surface area contributed by atoms with Crippen LogP contribution >= 0.6 is 11.8 Å². The number of thioether (sulfide) groups is 1. The van der Waals surface area contributed by atoms with Crippen LogP contribution < -0.4 is 5.73 Å². The summed E-state index contributed by atoms with van der Waals surface area (Å²) in [5.41, 5.74) is 5.14. The molecule has 0 aromatic rings. The summed E-state index contributed by atoms with van der Waals surface area (Å²) in [6.07, 6.45) is 0. The zero-order valence-electron chi connectivity index (χ0n) is 6.74. The van der Waals surface area contributed by atoms with Gasteiger partial charge in [0.1, 0.15) is 0 Å². The molecule has 5 nitrogen and oxygen atoms in total. The molecule has 0 heterocycles. The van der Waals surface area contributed by atoms with Crippen LogP contribution in [-0.4, -0.2) is 30.4 Å². The largest absolute Gasteiger partial charge is 0.428 e. The summed E-state index contributed by atoms with van der Waals surface area (Å²) in [6.45, 7) is 1.32. The predicted octanol–water partition coefficient (Wildman–Crippen LogP) is 0.336. The summed E-state index contributed by atoms with van der Waals surface area (Å²) in [5.74, 6) is 0.0189. The standard InChI is InChI=1S/C6H11NO4S/c1-5(8)10-4-11-6(9)12-3-2-7/h2-4,7H2,1H3. The van der Waals surface area contributed by atoms with E-state index in [0.717, 1.165) is 11.8 Å². The highest BCUT2D eigenvalue weighted by atomic mass is 32.2. The molecule has 6 heteroatoms. The number of hydrogen-bond acceptors (Lipinski definition) is 6. The third kappa shape index (κ3) is 7.36. The predicted molar refractivity (Wildman–Crippen MR) is 44.6 cm³/mol. The maximum absolute atomic E-state index is 10.7. The minimum Gasteiger partial charge on any atom is -0.428 e. The molecule has 0 rings (SSSR count). The average Bonchev–Trinajstić information content (AvgIpc) is 2.00. The molecule has 0 atom stereocenters. The van der Waals surface area contributed by atoms with Crippen LogP contribution in [0.4, 0.5) is 4.79 Å². The zero-order chi connectivity index (χ0) is 9.40. The lowest BCUT2D eigenvalue weighted by Gasteiger charge is -2.02. The van der Waals surface area contributed by atoms with Crippen LogP contribution in [0.15, 0.2) is 0 Å². The van der Waals surface area contributed by atoms with Crippen molar-refractivity contribution in [2.45, 2.75) is 6.92 Å². The first-order valence-corrected chi connectivity index (χ1v) is 4.28. The number of carbonyl (C=O) groups is 2. The molecule has 0 spiro atoms. The molecular formula is C6H11NO4S. The maximum Gasteiger partial charge on any atom is 0.370 e. The van der Waals surface area contributed by atoms with Gasteiger partial charge in [0.15, 0.2) is 0 Å². The van der Waals surface area contributed by atoms with Crippen molar-refractivity contribution in [3.05, 3.63) is 0 Å². The van der Waals surface area contributed by atoms with Gasteiger partial charge in [-0.15, -0.1) is 0 Å². The fourth-order valence-corrected chi connectivity index (χ4v) is 0.760. The Kier molecular flexibility index (Phi) is 6.50. The van der Waals surface area contributed by atoms with Gasteiger partial charge in [0.05, 0.1) is 0 Å². The van der Waals surface area contributed by atoms with Crippen molar-refractivity contribution >= 4 is 23.0 Å². The SMILES string of the molecule is CC(=O)OCOC(=O)SCCN. The fourth-order valence-electron chi connectivity index (χ4n) is 0.344. The Morgan fingerprint density at radius 1 is 1.42 bits per heavy atom. The van der Waals surface area contributed by atoms with Crippen LogP contribution in [0.5, 0.6) is 0 Å². The highest BCUT2D eigenvalue weighted by molar-refractivity contribution is 8.13. The van der Waals surface area contributed by atoms with Gasteiger partial charge in [-0.2, -0.15) is 0 Å². The first-order chi connectivity index (χ1) is 5.66. The molecule has 70 valence electrons. The van der Waals surface area contributed by atoms with Gasteiger partial charge in [-0.1, -0.05) is 0 Å². The molecule has 0 aromatic heterocycles. The maximum atomic E-state index is 10.7. The summed E-state index contributed by atoms with van der Waals surface area (Å²) in [4.78, 5) is 20.9. The van der Waals surface area contributed by atoms with Gasteiger partial charge >= 0.3 is 11.3 Å². The molecule has 0 saturated carbocycles. The summed E-state index contributed by atoms with van der Waals surface area (Å²) in [7, 11) is 0. The topological polar surface area (TPSA) is 78.6 Å². The Balaban J connectivity index is 3.25. The van der Waals surface area contributed by atoms with Crippen LogP contribution in [0, 0.1) is 0 Å². The first-order valence-electron chi connectivity index (χ1n) is 3.29. The number of nitrogens with two attached hydrogens (primary N) is 1. The van der Waals surface area contributed by atoms with Crippen molar-refractivity contribution in [2.75, 3.05) is 19.1 Å². The van der Waals surface area contributed by atoms with Crippen LogP contribution in [-0.2, 0) is 14.3 Å². The summed E-state index contributed by atoms with van der Waals surface area (Å²) in [5, 5.41) is -0.485. The van der Waals surface area contributed by atoms with Crippen LogP contribution in [0.3, 0.4) is 0 Å². The van der Waals surface area contributed by atoms with E-state index in [1.165, 1.54) is 6.92 Å². The molecule has 2 N–H and O–H groups in total. The van der Waals surface area contributed by atoms with E-state index < -0.39 is 11.3 Å². The molecule has 0 saturated heterocycles. The molecule has 0 fully saturated rings. The quantitative estimate of drug-likeness (QED) is 0.512. The van der Waals surface area contributed by atoms with Crippen molar-refractivity contribution < 1.29 is 19.1 Å². The van der Waals surface area contributed by atoms with Gasteiger partial charge in [-0.05, 0) is 11.8 Å². The van der Waals surface area contributed by atoms with Crippen LogP contribution in [0.25, 0.3) is 0 Å². The fraction of sp³-hybridized carbons (Fsp3) is 0.667. The van der Waals surface area contributed by atoms with Crippen molar-refractivity contribution in [3.8, 4) is 0 Å². The van der Waals surface area contributed by atoms with E-state index >= 15 is 0 Å². The van der Waals surface area contributed by atoms with Gasteiger partial charge in [0, 0.05) is 19.2 Å². The Morgan fingerprint density at radius 3 is 2.58 bits per heavy atom. The highest BCUT2D eigenvalue weighted by Gasteiger charge is 2.02. The second-order valence-electron chi connectivity index (χ2n) is 1.79. The van der Waals surface area contributed by atoms with Crippen LogP contribution in [0.2, 0.25) is 0 Å². The van der Waals surface area contributed by atoms with Gasteiger partial charge in [0.25, 0.3) is 0 Å². The van der Waals surface area contributed by atoms with Gasteiger partial charge in [-0.3, -0.25) is 4.79 Å². The molecule has 0 radical (unpaired) electrons. The van der Waals surface area contributed by atoms with Crippen molar-refractivity contribution in [1.82, 2.24) is 0 Å². The number of ether oxygens (including phenoxy) is 2. The average molecular weight is 193 g/mol. The van der Waals surface area contributed by atoms with E-state index in [-0.39, 0.29) is 6.79 Å². The lowest BCUT2D eigenvalue weighted by Crippen LogP contribution is -2.09. The van der Waals surface area contributed by atoms with Crippen LogP contribution in [0.1, 0.15) is 6.92 Å². The monoisotopic (exact) mass is 193 g/mol. The Bertz CT molecular complexity index is 162. The van der Waals surface area contributed by atoms with E-state index in [1.807, 2.05) is 0 Å². The molecule has 0 aliphatic heterocycles. The van der Waals surface area contributed by atoms with Gasteiger partial charge in [-0.25, -0.2) is 4.79 Å². The number of rotatable bonds is 4. The molecule has 0 unspecified atom stereocenters. The molecule has 0 amide bonds. The molecule has 0 aliphatic carbocycles. The normalized spacial score (nSPS) is 9.17. The zero-order valence-corrected chi connectivity index (χ0v) is 7.56. The molecule has 0 bridgehead atoms. The first kappa shape index (κ1) is 11.2. The summed E-state index contributed by atoms with van der Waals surface area (Å²) < 4.78 is 8.85. The summed E-state index contributed by atoms with van der Waals surface area (Å²) >= 11 is 0.951. The third-order valence-corrected chi connectivity index (χ3v) is 1.57. The Labute approximate surface area is 74.6 Å². The number of hydrogen-bond donors (Lipinski definition) is 1. The minimum absolute atomic E-state index is 0.328. The van der Waals surface area contributed by atoms with E-state index in [0.29, 0.717) is 12.3 Å². The smallest absolute Gasteiger partial charge is 0.370 e. The summed E-state index contributed by atoms with van der Waals surface area (Å²) in [6, 6.07) is 0. The lowest BCUT2D eigenvalue weighted by molar-refractivity contribution is -0.148. The molecule has 0 aliphatic rings. The third-order valence-electron chi connectivity index (χ3n) is 0.777. The van der Waals surface area contributed by atoms with E-state index in [4.69, 9.17) is 5.73 Å².